The Kier molecular flexibility index (Phi) is 6.06. The van der Waals surface area contributed by atoms with Crippen LogP contribution in [0.5, 0.6) is 0 Å². The van der Waals surface area contributed by atoms with Gasteiger partial charge >= 0.3 is 0 Å². The lowest BCUT2D eigenvalue weighted by Gasteiger charge is -2.35. The highest BCUT2D eigenvalue weighted by molar-refractivity contribution is 5.78. The molecule has 2 aliphatic carbocycles. The first-order chi connectivity index (χ1) is 10.0. The first-order valence-electron chi connectivity index (χ1n) is 8.72. The van der Waals surface area contributed by atoms with Crippen LogP contribution in [0.25, 0.3) is 0 Å². The van der Waals surface area contributed by atoms with Crippen molar-refractivity contribution in [1.29, 1.82) is 0 Å². The van der Waals surface area contributed by atoms with E-state index in [0.29, 0.717) is 30.5 Å². The minimum Gasteiger partial charge on any atom is -0.352 e. The molecule has 2 aliphatic rings. The Morgan fingerprint density at radius 2 is 1.90 bits per heavy atom. The molecule has 4 nitrogen and oxygen atoms in total. The standard InChI is InChI=1S/C17H33N3O/c1-12-6-4-8-15(13(12)2)19-17(21)11-20(3)16-9-5-7-14(16)10-18/h12-16H,4-11,18H2,1-3H3,(H,19,21). The topological polar surface area (TPSA) is 58.4 Å². The molecule has 2 fully saturated rings. The van der Waals surface area contributed by atoms with Crippen molar-refractivity contribution in [3.63, 3.8) is 0 Å². The number of carbonyl (C=O) groups is 1. The highest BCUT2D eigenvalue weighted by Gasteiger charge is 2.32. The summed E-state index contributed by atoms with van der Waals surface area (Å²) in [6.45, 7) is 5.84. The molecule has 1 amide bonds. The van der Waals surface area contributed by atoms with Crippen LogP contribution in [0.1, 0.15) is 52.4 Å². The lowest BCUT2D eigenvalue weighted by molar-refractivity contribution is -0.124. The van der Waals surface area contributed by atoms with Gasteiger partial charge in [0.25, 0.3) is 0 Å². The molecule has 21 heavy (non-hydrogen) atoms. The first kappa shape index (κ1) is 16.8. The van der Waals surface area contributed by atoms with Crippen LogP contribution in [-0.2, 0) is 4.79 Å². The molecule has 0 saturated heterocycles. The lowest BCUT2D eigenvalue weighted by atomic mass is 9.78. The second-order valence-corrected chi connectivity index (χ2v) is 7.35. The minimum absolute atomic E-state index is 0.186. The number of nitrogens with zero attached hydrogens (tertiary/aromatic N) is 1. The van der Waals surface area contributed by atoms with E-state index >= 15 is 0 Å². The van der Waals surface area contributed by atoms with E-state index in [2.05, 4.69) is 31.1 Å². The first-order valence-corrected chi connectivity index (χ1v) is 8.72. The Hall–Kier alpha value is -0.610. The molecular weight excluding hydrogens is 262 g/mol. The number of hydrogen-bond acceptors (Lipinski definition) is 3. The second kappa shape index (κ2) is 7.59. The molecule has 5 unspecified atom stereocenters. The molecule has 0 aromatic rings. The monoisotopic (exact) mass is 295 g/mol. The van der Waals surface area contributed by atoms with Crippen LogP contribution in [0.15, 0.2) is 0 Å². The summed E-state index contributed by atoms with van der Waals surface area (Å²) in [6.07, 6.45) is 7.32. The molecular formula is C17H33N3O. The molecule has 5 atom stereocenters. The van der Waals surface area contributed by atoms with E-state index in [1.54, 1.807) is 0 Å². The van der Waals surface area contributed by atoms with Crippen LogP contribution >= 0.6 is 0 Å². The number of carbonyl (C=O) groups excluding carboxylic acids is 1. The molecule has 0 bridgehead atoms. The zero-order chi connectivity index (χ0) is 15.4. The molecule has 4 heteroatoms. The molecule has 2 rings (SSSR count). The average molecular weight is 295 g/mol. The van der Waals surface area contributed by atoms with Crippen LogP contribution in [0, 0.1) is 17.8 Å². The van der Waals surface area contributed by atoms with Gasteiger partial charge in [-0.05, 0) is 50.6 Å². The molecule has 0 aliphatic heterocycles. The van der Waals surface area contributed by atoms with Crippen molar-refractivity contribution in [3.05, 3.63) is 0 Å². The van der Waals surface area contributed by atoms with Crippen molar-refractivity contribution in [2.75, 3.05) is 20.1 Å². The van der Waals surface area contributed by atoms with Gasteiger partial charge in [-0.25, -0.2) is 0 Å². The Balaban J connectivity index is 1.81. The van der Waals surface area contributed by atoms with Crippen molar-refractivity contribution in [3.8, 4) is 0 Å². The molecule has 122 valence electrons. The molecule has 0 aromatic carbocycles. The van der Waals surface area contributed by atoms with E-state index in [9.17, 15) is 4.79 Å². The van der Waals surface area contributed by atoms with Crippen molar-refractivity contribution < 1.29 is 4.79 Å². The Labute approximate surface area is 129 Å². The Bertz CT molecular complexity index is 347. The van der Waals surface area contributed by atoms with E-state index in [1.165, 1.54) is 32.1 Å². The predicted molar refractivity (Wildman–Crippen MR) is 86.9 cm³/mol. The number of nitrogens with one attached hydrogen (secondary N) is 1. The van der Waals surface area contributed by atoms with E-state index in [4.69, 9.17) is 5.73 Å². The normalized spacial score (nSPS) is 36.9. The summed E-state index contributed by atoms with van der Waals surface area (Å²) >= 11 is 0. The number of hydrogen-bond donors (Lipinski definition) is 2. The van der Waals surface area contributed by atoms with Crippen molar-refractivity contribution in [2.45, 2.75) is 64.5 Å². The van der Waals surface area contributed by atoms with Gasteiger partial charge in [-0.1, -0.05) is 33.1 Å². The second-order valence-electron chi connectivity index (χ2n) is 7.35. The van der Waals surface area contributed by atoms with Gasteiger partial charge < -0.3 is 11.1 Å². The number of amides is 1. The number of likely N-dealkylation sites (N-methyl/N-ethyl adjacent to an activating group) is 1. The molecule has 0 aromatic heterocycles. The van der Waals surface area contributed by atoms with Gasteiger partial charge in [0.15, 0.2) is 0 Å². The highest BCUT2D eigenvalue weighted by Crippen LogP contribution is 2.30. The van der Waals surface area contributed by atoms with E-state index in [-0.39, 0.29) is 5.91 Å². The van der Waals surface area contributed by atoms with Crippen LogP contribution in [0.4, 0.5) is 0 Å². The lowest BCUT2D eigenvalue weighted by Crippen LogP contribution is -2.49. The minimum atomic E-state index is 0.186. The van der Waals surface area contributed by atoms with E-state index in [0.717, 1.165) is 18.9 Å². The van der Waals surface area contributed by atoms with Gasteiger partial charge in [0.2, 0.25) is 5.91 Å². The van der Waals surface area contributed by atoms with Gasteiger partial charge in [0.05, 0.1) is 6.54 Å². The summed E-state index contributed by atoms with van der Waals surface area (Å²) in [7, 11) is 2.07. The van der Waals surface area contributed by atoms with Crippen LogP contribution < -0.4 is 11.1 Å². The van der Waals surface area contributed by atoms with Crippen LogP contribution in [-0.4, -0.2) is 43.0 Å². The van der Waals surface area contributed by atoms with E-state index < -0.39 is 0 Å². The Morgan fingerprint density at radius 1 is 1.19 bits per heavy atom. The predicted octanol–water partition coefficient (Wildman–Crippen LogP) is 1.99. The summed E-state index contributed by atoms with van der Waals surface area (Å²) in [5, 5.41) is 3.27. The average Bonchev–Trinajstić information content (AvgIpc) is 2.92. The maximum absolute atomic E-state index is 12.3. The SMILES string of the molecule is CC1CCCC(NC(=O)CN(C)C2CCCC2CN)C1C. The third kappa shape index (κ3) is 4.19. The van der Waals surface area contributed by atoms with Gasteiger partial charge in [-0.2, -0.15) is 0 Å². The van der Waals surface area contributed by atoms with Crippen molar-refractivity contribution in [2.24, 2.45) is 23.5 Å². The summed E-state index contributed by atoms with van der Waals surface area (Å²) in [6, 6.07) is 0.854. The summed E-state index contributed by atoms with van der Waals surface area (Å²) < 4.78 is 0. The van der Waals surface area contributed by atoms with E-state index in [1.807, 2.05) is 0 Å². The summed E-state index contributed by atoms with van der Waals surface area (Å²) in [5.74, 6) is 2.07. The van der Waals surface area contributed by atoms with Gasteiger partial charge in [-0.15, -0.1) is 0 Å². The smallest absolute Gasteiger partial charge is 0.234 e. The van der Waals surface area contributed by atoms with Crippen molar-refractivity contribution >= 4 is 5.91 Å². The number of nitrogens with two attached hydrogens (primary N) is 1. The zero-order valence-corrected chi connectivity index (χ0v) is 14.0. The fraction of sp³-hybridized carbons (Fsp3) is 0.941. The van der Waals surface area contributed by atoms with Crippen LogP contribution in [0.3, 0.4) is 0 Å². The fourth-order valence-electron chi connectivity index (χ4n) is 4.25. The third-order valence-electron chi connectivity index (χ3n) is 5.93. The maximum atomic E-state index is 12.3. The largest absolute Gasteiger partial charge is 0.352 e. The van der Waals surface area contributed by atoms with Gasteiger partial charge in [0.1, 0.15) is 0 Å². The molecule has 0 radical (unpaired) electrons. The van der Waals surface area contributed by atoms with Crippen LogP contribution in [0.2, 0.25) is 0 Å². The maximum Gasteiger partial charge on any atom is 0.234 e. The molecule has 2 saturated carbocycles. The molecule has 0 spiro atoms. The van der Waals surface area contributed by atoms with Crippen molar-refractivity contribution in [1.82, 2.24) is 10.2 Å². The summed E-state index contributed by atoms with van der Waals surface area (Å²) in [4.78, 5) is 14.6. The quantitative estimate of drug-likeness (QED) is 0.815. The highest BCUT2D eigenvalue weighted by atomic mass is 16.2. The molecule has 3 N–H and O–H groups in total. The van der Waals surface area contributed by atoms with Gasteiger partial charge in [0, 0.05) is 12.1 Å². The molecule has 0 heterocycles. The third-order valence-corrected chi connectivity index (χ3v) is 5.93. The zero-order valence-electron chi connectivity index (χ0n) is 14.0. The summed E-state index contributed by atoms with van der Waals surface area (Å²) in [5.41, 5.74) is 5.85. The fourth-order valence-corrected chi connectivity index (χ4v) is 4.25. The number of rotatable bonds is 5. The Morgan fingerprint density at radius 3 is 2.62 bits per heavy atom. The van der Waals surface area contributed by atoms with Gasteiger partial charge in [-0.3, -0.25) is 9.69 Å².